The lowest BCUT2D eigenvalue weighted by Gasteiger charge is -2.34. The smallest absolute Gasteiger partial charge is 0.409 e. The van der Waals surface area contributed by atoms with Gasteiger partial charge < -0.3 is 19.1 Å². The van der Waals surface area contributed by atoms with Crippen molar-refractivity contribution in [3.63, 3.8) is 0 Å². The van der Waals surface area contributed by atoms with E-state index in [0.29, 0.717) is 11.3 Å². The van der Waals surface area contributed by atoms with Crippen LogP contribution in [0.25, 0.3) is 10.2 Å². The van der Waals surface area contributed by atoms with Crippen molar-refractivity contribution in [1.29, 1.82) is 0 Å². The van der Waals surface area contributed by atoms with Gasteiger partial charge in [-0.05, 0) is 26.0 Å². The Kier molecular flexibility index (Phi) is 7.67. The fraction of sp³-hybridized carbons (Fsp3) is 0.500. The molecule has 1 aromatic heterocycles. The lowest BCUT2D eigenvalue weighted by molar-refractivity contribution is -0.130. The molecule has 0 unspecified atom stereocenters. The first-order valence-electron chi connectivity index (χ1n) is 10.3. The third kappa shape index (κ3) is 5.74. The molecule has 3 amide bonds. The highest BCUT2D eigenvalue weighted by Crippen LogP contribution is 2.16. The number of aryl methyl sites for hydroxylation is 1. The minimum absolute atomic E-state index is 0.212. The van der Waals surface area contributed by atoms with E-state index >= 15 is 0 Å². The Hall–Kier alpha value is -2.73. The van der Waals surface area contributed by atoms with Crippen LogP contribution in [-0.4, -0.2) is 85.0 Å². The van der Waals surface area contributed by atoms with Crippen molar-refractivity contribution in [1.82, 2.24) is 14.4 Å². The Bertz CT molecular complexity index is 1180. The van der Waals surface area contributed by atoms with Crippen LogP contribution in [0.1, 0.15) is 13.8 Å². The van der Waals surface area contributed by atoms with Gasteiger partial charge in [0.25, 0.3) is 5.91 Å². The van der Waals surface area contributed by atoms with E-state index in [4.69, 9.17) is 4.74 Å². The summed E-state index contributed by atoms with van der Waals surface area (Å²) in [5, 5.41) is 0. The first-order chi connectivity index (χ1) is 15.2. The SMILES string of the molecule is CCOC(=O)N1CCN(C(=O)CS(=O)(=O)CC(=O)N=c2sc3ccccc3n2CC)CC1. The molecular formula is C20H26N4O6S2. The fourth-order valence-corrected chi connectivity index (χ4v) is 5.64. The topological polar surface area (TPSA) is 118 Å². The van der Waals surface area contributed by atoms with Crippen LogP contribution in [0.2, 0.25) is 0 Å². The molecule has 0 radical (unpaired) electrons. The third-order valence-electron chi connectivity index (χ3n) is 4.97. The van der Waals surface area contributed by atoms with E-state index < -0.39 is 39.3 Å². The number of hydrogen-bond acceptors (Lipinski definition) is 7. The van der Waals surface area contributed by atoms with Gasteiger partial charge in [0.05, 0.1) is 16.8 Å². The van der Waals surface area contributed by atoms with Gasteiger partial charge >= 0.3 is 6.09 Å². The number of para-hydroxylation sites is 1. The molecule has 1 saturated heterocycles. The van der Waals surface area contributed by atoms with Crippen LogP contribution in [-0.2, 0) is 30.7 Å². The third-order valence-corrected chi connectivity index (χ3v) is 7.40. The Morgan fingerprint density at radius 2 is 1.69 bits per heavy atom. The molecule has 0 atom stereocenters. The normalized spacial score (nSPS) is 15.2. The van der Waals surface area contributed by atoms with Crippen molar-refractivity contribution in [2.45, 2.75) is 20.4 Å². The average Bonchev–Trinajstić information content (AvgIpc) is 3.09. The molecule has 32 heavy (non-hydrogen) atoms. The molecule has 12 heteroatoms. The summed E-state index contributed by atoms with van der Waals surface area (Å²) < 4.78 is 32.6. The standard InChI is InChI=1S/C20H26N4O6S2/c1-3-24-15-7-5-6-8-16(15)31-19(24)21-17(25)13-32(28,29)14-18(26)22-9-11-23(12-10-22)20(27)30-4-2/h5-8H,3-4,9-14H2,1-2H3. The minimum Gasteiger partial charge on any atom is -0.450 e. The first-order valence-corrected chi connectivity index (χ1v) is 12.9. The Labute approximate surface area is 190 Å². The summed E-state index contributed by atoms with van der Waals surface area (Å²) in [5.74, 6) is -3.00. The molecule has 174 valence electrons. The Morgan fingerprint density at radius 1 is 1.03 bits per heavy atom. The van der Waals surface area contributed by atoms with E-state index in [1.54, 1.807) is 6.92 Å². The van der Waals surface area contributed by atoms with E-state index in [-0.39, 0.29) is 32.8 Å². The number of hydrogen-bond donors (Lipinski definition) is 0. The number of rotatable bonds is 6. The molecule has 2 aromatic rings. The number of carbonyl (C=O) groups excluding carboxylic acids is 3. The average molecular weight is 483 g/mol. The van der Waals surface area contributed by atoms with E-state index in [9.17, 15) is 22.8 Å². The van der Waals surface area contributed by atoms with E-state index in [1.807, 2.05) is 35.8 Å². The summed E-state index contributed by atoms with van der Waals surface area (Å²) in [5.41, 5.74) is 0.923. The molecule has 10 nitrogen and oxygen atoms in total. The summed E-state index contributed by atoms with van der Waals surface area (Å²) >= 11 is 1.31. The second-order valence-corrected chi connectivity index (χ2v) is 10.3. The number of piperazine rings is 1. The molecular weight excluding hydrogens is 456 g/mol. The zero-order chi connectivity index (χ0) is 23.3. The molecule has 0 bridgehead atoms. The van der Waals surface area contributed by atoms with Crippen molar-refractivity contribution in [2.75, 3.05) is 44.3 Å². The van der Waals surface area contributed by atoms with E-state index in [2.05, 4.69) is 4.99 Å². The van der Waals surface area contributed by atoms with Crippen molar-refractivity contribution < 1.29 is 27.5 Å². The molecule has 0 aliphatic carbocycles. The molecule has 0 spiro atoms. The number of carbonyl (C=O) groups is 3. The second-order valence-electron chi connectivity index (χ2n) is 7.20. The summed E-state index contributed by atoms with van der Waals surface area (Å²) in [4.78, 5) is 43.8. The van der Waals surface area contributed by atoms with Crippen molar-refractivity contribution >= 4 is 49.3 Å². The van der Waals surface area contributed by atoms with Crippen molar-refractivity contribution in [3.8, 4) is 0 Å². The van der Waals surface area contributed by atoms with Gasteiger partial charge in [-0.15, -0.1) is 0 Å². The van der Waals surface area contributed by atoms with Gasteiger partial charge in [-0.2, -0.15) is 4.99 Å². The largest absolute Gasteiger partial charge is 0.450 e. The maximum absolute atomic E-state index is 12.5. The van der Waals surface area contributed by atoms with Crippen LogP contribution in [0.5, 0.6) is 0 Å². The number of ether oxygens (including phenoxy) is 1. The van der Waals surface area contributed by atoms with Gasteiger partial charge in [-0.25, -0.2) is 13.2 Å². The van der Waals surface area contributed by atoms with E-state index in [1.165, 1.54) is 21.1 Å². The predicted molar refractivity (Wildman–Crippen MR) is 120 cm³/mol. The van der Waals surface area contributed by atoms with Gasteiger partial charge in [0, 0.05) is 32.7 Å². The van der Waals surface area contributed by atoms with Crippen molar-refractivity contribution in [3.05, 3.63) is 29.1 Å². The van der Waals surface area contributed by atoms with Crippen LogP contribution in [0.15, 0.2) is 29.3 Å². The number of amides is 3. The summed E-state index contributed by atoms with van der Waals surface area (Å²) in [6, 6.07) is 7.59. The summed E-state index contributed by atoms with van der Waals surface area (Å²) in [6.45, 7) is 5.42. The molecule has 1 aliphatic heterocycles. The first kappa shape index (κ1) is 23.9. The fourth-order valence-electron chi connectivity index (χ4n) is 3.42. The lowest BCUT2D eigenvalue weighted by atomic mass is 10.3. The van der Waals surface area contributed by atoms with E-state index in [0.717, 1.165) is 10.2 Å². The maximum Gasteiger partial charge on any atom is 0.409 e. The van der Waals surface area contributed by atoms with Gasteiger partial charge in [0.2, 0.25) is 5.91 Å². The quantitative estimate of drug-likeness (QED) is 0.603. The Morgan fingerprint density at radius 3 is 2.34 bits per heavy atom. The maximum atomic E-state index is 12.5. The molecule has 1 aliphatic rings. The van der Waals surface area contributed by atoms with Gasteiger partial charge in [-0.3, -0.25) is 9.59 Å². The van der Waals surface area contributed by atoms with Gasteiger partial charge in [-0.1, -0.05) is 23.5 Å². The van der Waals surface area contributed by atoms with Crippen LogP contribution < -0.4 is 4.80 Å². The number of aromatic nitrogens is 1. The predicted octanol–water partition coefficient (Wildman–Crippen LogP) is 0.866. The second kappa shape index (κ2) is 10.3. The van der Waals surface area contributed by atoms with Gasteiger partial charge in [0.15, 0.2) is 14.6 Å². The molecule has 0 saturated carbocycles. The highest BCUT2D eigenvalue weighted by atomic mass is 32.2. The molecule has 3 rings (SSSR count). The monoisotopic (exact) mass is 482 g/mol. The lowest BCUT2D eigenvalue weighted by Crippen LogP contribution is -2.52. The van der Waals surface area contributed by atoms with Crippen LogP contribution >= 0.6 is 11.3 Å². The van der Waals surface area contributed by atoms with Gasteiger partial charge in [0.1, 0.15) is 11.5 Å². The molecule has 2 heterocycles. The Balaban J connectivity index is 1.62. The number of thiazole rings is 1. The zero-order valence-electron chi connectivity index (χ0n) is 18.0. The zero-order valence-corrected chi connectivity index (χ0v) is 19.7. The molecule has 1 fully saturated rings. The van der Waals surface area contributed by atoms with Crippen LogP contribution in [0, 0.1) is 0 Å². The van der Waals surface area contributed by atoms with Crippen molar-refractivity contribution in [2.24, 2.45) is 4.99 Å². The molecule has 0 N–H and O–H groups in total. The summed E-state index contributed by atoms with van der Waals surface area (Å²) in [6.07, 6.45) is -0.454. The van der Waals surface area contributed by atoms with Crippen LogP contribution in [0.3, 0.4) is 0 Å². The number of benzene rings is 1. The minimum atomic E-state index is -3.98. The van der Waals surface area contributed by atoms with Crippen LogP contribution in [0.4, 0.5) is 4.79 Å². The number of sulfone groups is 1. The highest BCUT2D eigenvalue weighted by Gasteiger charge is 2.28. The summed E-state index contributed by atoms with van der Waals surface area (Å²) in [7, 11) is -3.98. The number of nitrogens with zero attached hydrogens (tertiary/aromatic N) is 4. The number of fused-ring (bicyclic) bond motifs is 1. The highest BCUT2D eigenvalue weighted by molar-refractivity contribution is 7.92. The molecule has 1 aromatic carbocycles.